The van der Waals surface area contributed by atoms with Gasteiger partial charge in [-0.25, -0.2) is 0 Å². The van der Waals surface area contributed by atoms with Crippen LogP contribution >= 0.6 is 23.2 Å². The van der Waals surface area contributed by atoms with E-state index in [1.165, 1.54) is 12.8 Å². The Bertz CT molecular complexity index is 699. The first-order valence-corrected chi connectivity index (χ1v) is 11.0. The Morgan fingerprint density at radius 3 is 2.39 bits per heavy atom. The van der Waals surface area contributed by atoms with Crippen molar-refractivity contribution >= 4 is 35.0 Å². The van der Waals surface area contributed by atoms with E-state index in [0.717, 1.165) is 25.8 Å². The Morgan fingerprint density at radius 1 is 1.11 bits per heavy atom. The summed E-state index contributed by atoms with van der Waals surface area (Å²) in [5.74, 6) is 0.540. The summed E-state index contributed by atoms with van der Waals surface area (Å²) in [7, 11) is 0. The van der Waals surface area contributed by atoms with Crippen LogP contribution in [0.25, 0.3) is 0 Å². The molecule has 5 nitrogen and oxygen atoms in total. The van der Waals surface area contributed by atoms with E-state index in [4.69, 9.17) is 23.2 Å². The maximum Gasteiger partial charge on any atom is 0.253 e. The van der Waals surface area contributed by atoms with Crippen molar-refractivity contribution in [2.24, 2.45) is 5.92 Å². The molecule has 28 heavy (non-hydrogen) atoms. The summed E-state index contributed by atoms with van der Waals surface area (Å²) in [6.45, 7) is 5.45. The predicted octanol–water partition coefficient (Wildman–Crippen LogP) is 3.84. The molecule has 0 aromatic heterocycles. The Labute approximate surface area is 177 Å². The molecule has 154 valence electrons. The van der Waals surface area contributed by atoms with Crippen LogP contribution in [0.5, 0.6) is 0 Å². The number of rotatable bonds is 6. The fourth-order valence-corrected chi connectivity index (χ4v) is 4.62. The van der Waals surface area contributed by atoms with Gasteiger partial charge in [-0.05, 0) is 43.4 Å². The average molecular weight is 426 g/mol. The van der Waals surface area contributed by atoms with E-state index in [0.29, 0.717) is 47.7 Å². The van der Waals surface area contributed by atoms with Crippen LogP contribution in [0.15, 0.2) is 18.2 Å². The first-order valence-electron chi connectivity index (χ1n) is 10.3. The van der Waals surface area contributed by atoms with Crippen molar-refractivity contribution < 1.29 is 9.59 Å². The molecule has 2 fully saturated rings. The highest BCUT2D eigenvalue weighted by Crippen LogP contribution is 2.31. The molecule has 0 spiro atoms. The number of hydrogen-bond acceptors (Lipinski definition) is 3. The fourth-order valence-electron chi connectivity index (χ4n) is 4.32. The Kier molecular flexibility index (Phi) is 7.61. The lowest BCUT2D eigenvalue weighted by atomic mass is 9.95. The predicted molar refractivity (Wildman–Crippen MR) is 113 cm³/mol. The van der Waals surface area contributed by atoms with Gasteiger partial charge in [-0.15, -0.1) is 0 Å². The highest BCUT2D eigenvalue weighted by molar-refractivity contribution is 6.42. The van der Waals surface area contributed by atoms with Gasteiger partial charge in [0, 0.05) is 38.3 Å². The standard InChI is InChI=1S/C21H29Cl2N3O2/c1-2-9-24-20(27)19(15-5-3-4-6-15)25-10-12-26(13-11-25)21(28)16-7-8-17(22)18(23)14-16/h7-8,14-15,19H,2-6,9-13H2,1H3,(H,24,27). The van der Waals surface area contributed by atoms with E-state index in [9.17, 15) is 9.59 Å². The summed E-state index contributed by atoms with van der Waals surface area (Å²) in [5.41, 5.74) is 0.552. The normalized spacial score (nSPS) is 19.6. The van der Waals surface area contributed by atoms with Crippen molar-refractivity contribution in [3.05, 3.63) is 33.8 Å². The number of hydrogen-bond donors (Lipinski definition) is 1. The summed E-state index contributed by atoms with van der Waals surface area (Å²) in [5, 5.41) is 3.92. The molecule has 2 amide bonds. The highest BCUT2D eigenvalue weighted by Gasteiger charge is 2.37. The van der Waals surface area contributed by atoms with Gasteiger partial charge in [0.05, 0.1) is 16.1 Å². The van der Waals surface area contributed by atoms with E-state index in [2.05, 4.69) is 17.1 Å². The third-order valence-corrected chi connectivity index (χ3v) is 6.56. The second kappa shape index (κ2) is 9.95. The van der Waals surface area contributed by atoms with E-state index in [-0.39, 0.29) is 17.9 Å². The number of carbonyl (C=O) groups excluding carboxylic acids is 2. The number of amides is 2. The topological polar surface area (TPSA) is 52.7 Å². The lowest BCUT2D eigenvalue weighted by molar-refractivity contribution is -0.129. The third-order valence-electron chi connectivity index (χ3n) is 5.83. The van der Waals surface area contributed by atoms with Crippen LogP contribution in [0, 0.1) is 5.92 Å². The van der Waals surface area contributed by atoms with Gasteiger partial charge in [0.15, 0.2) is 0 Å². The van der Waals surface area contributed by atoms with Crippen molar-refractivity contribution in [1.82, 2.24) is 15.1 Å². The van der Waals surface area contributed by atoms with Crippen molar-refractivity contribution in [3.63, 3.8) is 0 Å². The zero-order chi connectivity index (χ0) is 20.1. The minimum Gasteiger partial charge on any atom is -0.355 e. The fraction of sp³-hybridized carbons (Fsp3) is 0.619. The smallest absolute Gasteiger partial charge is 0.253 e. The molecule has 1 heterocycles. The first-order chi connectivity index (χ1) is 13.5. The minimum absolute atomic E-state index is 0.0360. The Balaban J connectivity index is 1.63. The van der Waals surface area contributed by atoms with Crippen molar-refractivity contribution in [1.29, 1.82) is 0 Å². The van der Waals surface area contributed by atoms with E-state index in [1.54, 1.807) is 18.2 Å². The zero-order valence-corrected chi connectivity index (χ0v) is 17.9. The Morgan fingerprint density at radius 2 is 1.79 bits per heavy atom. The largest absolute Gasteiger partial charge is 0.355 e. The first kappa shape index (κ1) is 21.4. The number of piperazine rings is 1. The number of nitrogens with one attached hydrogen (secondary N) is 1. The van der Waals surface area contributed by atoms with Gasteiger partial charge >= 0.3 is 0 Å². The lowest BCUT2D eigenvalue weighted by Crippen LogP contribution is -2.58. The average Bonchev–Trinajstić information content (AvgIpc) is 3.23. The van der Waals surface area contributed by atoms with Gasteiger partial charge in [-0.2, -0.15) is 0 Å². The molecule has 2 aliphatic rings. The van der Waals surface area contributed by atoms with Gasteiger partial charge in [0.2, 0.25) is 5.91 Å². The molecule has 1 aromatic carbocycles. The summed E-state index contributed by atoms with van der Waals surface area (Å²) < 4.78 is 0. The van der Waals surface area contributed by atoms with Crippen LogP contribution < -0.4 is 5.32 Å². The van der Waals surface area contributed by atoms with E-state index < -0.39 is 0 Å². The molecule has 1 atom stereocenters. The Hall–Kier alpha value is -1.30. The summed E-state index contributed by atoms with van der Waals surface area (Å²) >= 11 is 12.0. The molecule has 1 aliphatic heterocycles. The molecule has 7 heteroatoms. The molecular formula is C21H29Cl2N3O2. The quantitative estimate of drug-likeness (QED) is 0.752. The van der Waals surface area contributed by atoms with Gasteiger partial charge < -0.3 is 10.2 Å². The third kappa shape index (κ3) is 5.00. The molecule has 0 bridgehead atoms. The maximum absolute atomic E-state index is 12.8. The van der Waals surface area contributed by atoms with E-state index in [1.807, 2.05) is 4.90 Å². The zero-order valence-electron chi connectivity index (χ0n) is 16.4. The van der Waals surface area contributed by atoms with Crippen molar-refractivity contribution in [2.45, 2.75) is 45.1 Å². The molecule has 1 saturated carbocycles. The van der Waals surface area contributed by atoms with Gasteiger partial charge in [-0.3, -0.25) is 14.5 Å². The van der Waals surface area contributed by atoms with Gasteiger partial charge in [0.1, 0.15) is 0 Å². The van der Waals surface area contributed by atoms with Crippen LogP contribution in [0.1, 0.15) is 49.4 Å². The monoisotopic (exact) mass is 425 g/mol. The van der Waals surface area contributed by atoms with E-state index >= 15 is 0 Å². The summed E-state index contributed by atoms with van der Waals surface area (Å²) in [4.78, 5) is 29.7. The van der Waals surface area contributed by atoms with Crippen LogP contribution in [-0.2, 0) is 4.79 Å². The molecule has 1 N–H and O–H groups in total. The molecular weight excluding hydrogens is 397 g/mol. The lowest BCUT2D eigenvalue weighted by Gasteiger charge is -2.40. The minimum atomic E-state index is -0.0729. The second-order valence-electron chi connectivity index (χ2n) is 7.74. The second-order valence-corrected chi connectivity index (χ2v) is 8.55. The van der Waals surface area contributed by atoms with Crippen LogP contribution in [0.2, 0.25) is 10.0 Å². The molecule has 0 radical (unpaired) electrons. The van der Waals surface area contributed by atoms with Crippen LogP contribution in [0.3, 0.4) is 0 Å². The molecule has 1 unspecified atom stereocenters. The number of nitrogens with zero attached hydrogens (tertiary/aromatic N) is 2. The number of halogens is 2. The van der Waals surface area contributed by atoms with Crippen LogP contribution in [-0.4, -0.2) is 60.4 Å². The van der Waals surface area contributed by atoms with Gasteiger partial charge in [-0.1, -0.05) is 43.0 Å². The molecule has 1 saturated heterocycles. The van der Waals surface area contributed by atoms with Crippen molar-refractivity contribution in [3.8, 4) is 0 Å². The molecule has 3 rings (SSSR count). The van der Waals surface area contributed by atoms with Crippen LogP contribution in [0.4, 0.5) is 0 Å². The summed E-state index contributed by atoms with van der Waals surface area (Å²) in [6, 6.07) is 4.92. The maximum atomic E-state index is 12.8. The summed E-state index contributed by atoms with van der Waals surface area (Å²) in [6.07, 6.45) is 5.59. The number of benzene rings is 1. The highest BCUT2D eigenvalue weighted by atomic mass is 35.5. The van der Waals surface area contributed by atoms with Gasteiger partial charge in [0.25, 0.3) is 5.91 Å². The molecule has 1 aromatic rings. The SMILES string of the molecule is CCCNC(=O)C(C1CCCC1)N1CCN(C(=O)c2ccc(Cl)c(Cl)c2)CC1. The number of carbonyl (C=O) groups is 2. The van der Waals surface area contributed by atoms with Crippen molar-refractivity contribution in [2.75, 3.05) is 32.7 Å². The molecule has 1 aliphatic carbocycles.